The number of fused-ring (bicyclic) bond motifs is 2. The number of amides is 2. The van der Waals surface area contributed by atoms with E-state index < -0.39 is 18.4 Å². The Morgan fingerprint density at radius 1 is 0.970 bits per heavy atom. The molecule has 168 valence electrons. The molecule has 4 rings (SSSR count). The second-order valence-electron chi connectivity index (χ2n) is 7.60. The van der Waals surface area contributed by atoms with Gasteiger partial charge in [0, 0.05) is 18.0 Å². The lowest BCUT2D eigenvalue weighted by atomic mass is 9.94. The summed E-state index contributed by atoms with van der Waals surface area (Å²) in [6.45, 7) is -0.833. The van der Waals surface area contributed by atoms with Gasteiger partial charge in [-0.05, 0) is 34.0 Å². The van der Waals surface area contributed by atoms with E-state index in [2.05, 4.69) is 15.7 Å². The molecular formula is C24H21FN4O4. The molecule has 0 saturated heterocycles. The SMILES string of the molecule is Cn1ncc2cc(F)c(-c3cccc4c(CC(=O)NCC(=O)NCC(=O)O)cccc34)cc21. The van der Waals surface area contributed by atoms with Gasteiger partial charge in [0.05, 0.1) is 24.7 Å². The zero-order valence-corrected chi connectivity index (χ0v) is 17.8. The molecule has 9 heteroatoms. The molecule has 0 atom stereocenters. The van der Waals surface area contributed by atoms with Crippen LogP contribution in [0.25, 0.3) is 32.8 Å². The van der Waals surface area contributed by atoms with Crippen molar-refractivity contribution in [2.24, 2.45) is 7.05 Å². The van der Waals surface area contributed by atoms with Crippen LogP contribution in [0.2, 0.25) is 0 Å². The molecule has 8 nitrogen and oxygen atoms in total. The highest BCUT2D eigenvalue weighted by molar-refractivity contribution is 6.01. The lowest BCUT2D eigenvalue weighted by molar-refractivity contribution is -0.137. The Balaban J connectivity index is 1.60. The van der Waals surface area contributed by atoms with Crippen molar-refractivity contribution in [2.75, 3.05) is 13.1 Å². The van der Waals surface area contributed by atoms with Gasteiger partial charge in [0.25, 0.3) is 0 Å². The minimum atomic E-state index is -1.17. The van der Waals surface area contributed by atoms with E-state index in [1.54, 1.807) is 36.1 Å². The first kappa shape index (κ1) is 21.9. The molecule has 0 unspecified atom stereocenters. The quantitative estimate of drug-likeness (QED) is 0.402. The summed E-state index contributed by atoms with van der Waals surface area (Å²) < 4.78 is 16.7. The molecule has 1 aromatic heterocycles. The molecule has 3 N–H and O–H groups in total. The fraction of sp³-hybridized carbons (Fsp3) is 0.167. The second-order valence-corrected chi connectivity index (χ2v) is 7.60. The van der Waals surface area contributed by atoms with Gasteiger partial charge in [-0.3, -0.25) is 19.1 Å². The van der Waals surface area contributed by atoms with E-state index >= 15 is 0 Å². The van der Waals surface area contributed by atoms with Crippen LogP contribution in [-0.2, 0) is 27.9 Å². The number of carboxylic acid groups (broad SMARTS) is 1. The average Bonchev–Trinajstić information content (AvgIpc) is 3.15. The molecule has 0 aliphatic heterocycles. The molecule has 0 bridgehead atoms. The van der Waals surface area contributed by atoms with Crippen molar-refractivity contribution in [1.29, 1.82) is 0 Å². The van der Waals surface area contributed by atoms with E-state index in [4.69, 9.17) is 5.11 Å². The number of rotatable bonds is 7. The first-order valence-corrected chi connectivity index (χ1v) is 10.2. The molecule has 2 amide bonds. The minimum Gasteiger partial charge on any atom is -0.480 e. The number of aryl methyl sites for hydroxylation is 1. The summed E-state index contributed by atoms with van der Waals surface area (Å²) in [5.74, 6) is -2.51. The van der Waals surface area contributed by atoms with Gasteiger partial charge in [-0.2, -0.15) is 5.10 Å². The zero-order chi connectivity index (χ0) is 23.5. The summed E-state index contributed by atoms with van der Waals surface area (Å²) in [5, 5.41) is 19.7. The number of aliphatic carboxylic acids is 1. The number of carbonyl (C=O) groups is 3. The Hall–Kier alpha value is -4.27. The van der Waals surface area contributed by atoms with Gasteiger partial charge in [-0.15, -0.1) is 0 Å². The van der Waals surface area contributed by atoms with Crippen LogP contribution in [-0.4, -0.2) is 45.8 Å². The summed E-state index contributed by atoms with van der Waals surface area (Å²) in [4.78, 5) is 34.5. The van der Waals surface area contributed by atoms with Crippen molar-refractivity contribution >= 4 is 39.5 Å². The standard InChI is InChI=1S/C24H21FN4O4/c1-29-21-10-19(20(25)8-15(21)11-28-29)18-7-3-5-16-14(4-2-6-17(16)18)9-22(30)26-12-23(31)27-13-24(32)33/h2-8,10-11H,9,12-13H2,1H3,(H,26,30)(H,27,31)(H,32,33). The maximum atomic E-state index is 15.0. The predicted molar refractivity (Wildman–Crippen MR) is 121 cm³/mol. The number of nitrogens with one attached hydrogen (secondary N) is 2. The third-order valence-corrected chi connectivity index (χ3v) is 5.37. The number of hydrogen-bond donors (Lipinski definition) is 3. The number of aromatic nitrogens is 2. The van der Waals surface area contributed by atoms with Gasteiger partial charge in [0.15, 0.2) is 0 Å². The highest BCUT2D eigenvalue weighted by Gasteiger charge is 2.15. The normalized spacial score (nSPS) is 11.0. The van der Waals surface area contributed by atoms with Gasteiger partial charge in [0.2, 0.25) is 11.8 Å². The van der Waals surface area contributed by atoms with Crippen molar-refractivity contribution < 1.29 is 23.9 Å². The van der Waals surface area contributed by atoms with E-state index in [1.165, 1.54) is 6.07 Å². The van der Waals surface area contributed by atoms with E-state index in [9.17, 15) is 18.8 Å². The Labute approximate surface area is 188 Å². The third-order valence-electron chi connectivity index (χ3n) is 5.37. The number of carbonyl (C=O) groups excluding carboxylic acids is 2. The highest BCUT2D eigenvalue weighted by Crippen LogP contribution is 2.34. The average molecular weight is 448 g/mol. The van der Waals surface area contributed by atoms with Crippen LogP contribution in [0.4, 0.5) is 4.39 Å². The fourth-order valence-electron chi connectivity index (χ4n) is 3.79. The Morgan fingerprint density at radius 2 is 1.70 bits per heavy atom. The molecule has 0 fully saturated rings. The van der Waals surface area contributed by atoms with Gasteiger partial charge in [-0.1, -0.05) is 36.4 Å². The number of carboxylic acids is 1. The van der Waals surface area contributed by atoms with Crippen LogP contribution < -0.4 is 10.6 Å². The monoisotopic (exact) mass is 448 g/mol. The van der Waals surface area contributed by atoms with E-state index in [0.717, 1.165) is 21.9 Å². The first-order chi connectivity index (χ1) is 15.8. The van der Waals surface area contributed by atoms with Crippen LogP contribution >= 0.6 is 0 Å². The van der Waals surface area contributed by atoms with Crippen LogP contribution in [0.15, 0.2) is 54.7 Å². The molecule has 4 aromatic rings. The van der Waals surface area contributed by atoms with Crippen molar-refractivity contribution in [3.8, 4) is 11.1 Å². The molecule has 3 aromatic carbocycles. The summed E-state index contributed by atoms with van der Waals surface area (Å²) in [6.07, 6.45) is 1.63. The van der Waals surface area contributed by atoms with Gasteiger partial charge >= 0.3 is 5.97 Å². The lowest BCUT2D eigenvalue weighted by Crippen LogP contribution is -2.39. The summed E-state index contributed by atoms with van der Waals surface area (Å²) in [6, 6.07) is 14.2. The van der Waals surface area contributed by atoms with Crippen LogP contribution in [0, 0.1) is 5.82 Å². The Kier molecular flexibility index (Phi) is 6.03. The molecule has 0 spiro atoms. The fourth-order valence-corrected chi connectivity index (χ4v) is 3.79. The van der Waals surface area contributed by atoms with Gasteiger partial charge in [0.1, 0.15) is 12.4 Å². The van der Waals surface area contributed by atoms with E-state index in [-0.39, 0.29) is 24.7 Å². The summed E-state index contributed by atoms with van der Waals surface area (Å²) in [7, 11) is 1.80. The smallest absolute Gasteiger partial charge is 0.322 e. The molecule has 0 aliphatic rings. The van der Waals surface area contributed by atoms with Crippen molar-refractivity contribution in [3.63, 3.8) is 0 Å². The minimum absolute atomic E-state index is 0.0102. The van der Waals surface area contributed by atoms with Crippen LogP contribution in [0.3, 0.4) is 0 Å². The van der Waals surface area contributed by atoms with Crippen molar-refractivity contribution in [3.05, 3.63) is 66.1 Å². The number of benzene rings is 3. The highest BCUT2D eigenvalue weighted by atomic mass is 19.1. The zero-order valence-electron chi connectivity index (χ0n) is 17.8. The maximum absolute atomic E-state index is 15.0. The third kappa shape index (κ3) is 4.67. The van der Waals surface area contributed by atoms with Gasteiger partial charge in [-0.25, -0.2) is 4.39 Å². The topological polar surface area (TPSA) is 113 Å². The lowest BCUT2D eigenvalue weighted by Gasteiger charge is -2.12. The van der Waals surface area contributed by atoms with E-state index in [0.29, 0.717) is 16.5 Å². The van der Waals surface area contributed by atoms with Crippen LogP contribution in [0.1, 0.15) is 5.56 Å². The first-order valence-electron chi connectivity index (χ1n) is 10.2. The summed E-state index contributed by atoms with van der Waals surface area (Å²) in [5.41, 5.74) is 2.66. The largest absolute Gasteiger partial charge is 0.480 e. The Morgan fingerprint density at radius 3 is 2.48 bits per heavy atom. The molecule has 0 aliphatic carbocycles. The number of nitrogens with zero attached hydrogens (tertiary/aromatic N) is 2. The molecular weight excluding hydrogens is 427 g/mol. The van der Waals surface area contributed by atoms with Crippen molar-refractivity contribution in [2.45, 2.75) is 6.42 Å². The van der Waals surface area contributed by atoms with E-state index in [1.807, 2.05) is 24.3 Å². The van der Waals surface area contributed by atoms with Gasteiger partial charge < -0.3 is 15.7 Å². The molecule has 1 heterocycles. The Bertz CT molecular complexity index is 1400. The predicted octanol–water partition coefficient (Wildman–Crippen LogP) is 2.39. The molecule has 0 radical (unpaired) electrons. The second kappa shape index (κ2) is 9.07. The van der Waals surface area contributed by atoms with Crippen molar-refractivity contribution in [1.82, 2.24) is 20.4 Å². The summed E-state index contributed by atoms with van der Waals surface area (Å²) >= 11 is 0. The van der Waals surface area contributed by atoms with Crippen LogP contribution in [0.5, 0.6) is 0 Å². The maximum Gasteiger partial charge on any atom is 0.322 e. The number of hydrogen-bond acceptors (Lipinski definition) is 4. The molecule has 33 heavy (non-hydrogen) atoms. The molecule has 0 saturated carbocycles. The number of halogens is 1.